The minimum atomic E-state index is -0.554. The molecule has 1 unspecified atom stereocenters. The molecule has 2 N–H and O–H groups in total. The highest BCUT2D eigenvalue weighted by molar-refractivity contribution is 9.10. The van der Waals surface area contributed by atoms with E-state index in [1.807, 2.05) is 37.3 Å². The normalized spacial score (nSPS) is 13.8. The van der Waals surface area contributed by atoms with Gasteiger partial charge >= 0.3 is 0 Å². The van der Waals surface area contributed by atoms with E-state index in [1.54, 1.807) is 6.07 Å². The molecule has 0 saturated carbocycles. The number of hydrogen-bond donors (Lipinski definition) is 1. The number of methoxy groups -OCH3 is 1. The Hall–Kier alpha value is -1.39. The van der Waals surface area contributed by atoms with Crippen LogP contribution < -0.4 is 10.5 Å². The first-order valence-corrected chi connectivity index (χ1v) is 7.09. The zero-order valence-corrected chi connectivity index (χ0v) is 13.1. The Morgan fingerprint density at radius 2 is 1.85 bits per heavy atom. The summed E-state index contributed by atoms with van der Waals surface area (Å²) in [5.41, 5.74) is 7.67. The molecule has 0 aliphatic heterocycles. The van der Waals surface area contributed by atoms with Crippen LogP contribution in [0, 0.1) is 5.82 Å². The summed E-state index contributed by atoms with van der Waals surface area (Å²) < 4.78 is 19.6. The summed E-state index contributed by atoms with van der Waals surface area (Å²) in [6.45, 7) is 1.94. The van der Waals surface area contributed by atoms with Crippen molar-refractivity contribution in [2.75, 3.05) is 7.11 Å². The second-order valence-electron chi connectivity index (χ2n) is 5.07. The van der Waals surface area contributed by atoms with Crippen LogP contribution in [0.1, 0.15) is 18.1 Å². The van der Waals surface area contributed by atoms with Gasteiger partial charge < -0.3 is 10.5 Å². The fraction of sp³-hybridized carbons (Fsp3) is 0.250. The Morgan fingerprint density at radius 3 is 2.40 bits per heavy atom. The fourth-order valence-corrected chi connectivity index (χ4v) is 2.44. The molecule has 106 valence electrons. The Balaban J connectivity index is 2.23. The minimum absolute atomic E-state index is 0.246. The van der Waals surface area contributed by atoms with Gasteiger partial charge in [-0.25, -0.2) is 4.39 Å². The molecule has 2 aromatic rings. The molecule has 2 rings (SSSR count). The lowest BCUT2D eigenvalue weighted by Crippen LogP contribution is -2.35. The van der Waals surface area contributed by atoms with Crippen molar-refractivity contribution in [3.8, 4) is 5.75 Å². The number of benzene rings is 2. The highest BCUT2D eigenvalue weighted by atomic mass is 79.9. The summed E-state index contributed by atoms with van der Waals surface area (Å²) in [5.74, 6) is -0.118. The predicted molar refractivity (Wildman–Crippen MR) is 82.3 cm³/mol. The molecule has 0 aromatic heterocycles. The molecule has 0 aliphatic rings. The van der Waals surface area contributed by atoms with Gasteiger partial charge in [0.1, 0.15) is 0 Å². The molecule has 20 heavy (non-hydrogen) atoms. The van der Waals surface area contributed by atoms with Crippen molar-refractivity contribution >= 4 is 15.9 Å². The monoisotopic (exact) mass is 337 g/mol. The highest BCUT2D eigenvalue weighted by Gasteiger charge is 2.22. The van der Waals surface area contributed by atoms with E-state index < -0.39 is 5.54 Å². The average molecular weight is 338 g/mol. The topological polar surface area (TPSA) is 35.2 Å². The lowest BCUT2D eigenvalue weighted by atomic mass is 9.86. The summed E-state index contributed by atoms with van der Waals surface area (Å²) in [7, 11) is 1.45. The lowest BCUT2D eigenvalue weighted by Gasteiger charge is -2.25. The molecule has 0 aliphatic carbocycles. The molecule has 0 radical (unpaired) electrons. The van der Waals surface area contributed by atoms with E-state index in [9.17, 15) is 4.39 Å². The molecule has 0 heterocycles. The van der Waals surface area contributed by atoms with Crippen LogP contribution in [0.3, 0.4) is 0 Å². The predicted octanol–water partition coefficient (Wildman–Crippen LogP) is 4.01. The van der Waals surface area contributed by atoms with Gasteiger partial charge in [0.15, 0.2) is 11.6 Å². The van der Waals surface area contributed by atoms with Gasteiger partial charge in [-0.1, -0.05) is 34.1 Å². The van der Waals surface area contributed by atoms with E-state index in [0.717, 1.165) is 15.6 Å². The van der Waals surface area contributed by atoms with Crippen molar-refractivity contribution in [2.24, 2.45) is 5.73 Å². The Labute approximate surface area is 126 Å². The first kappa shape index (κ1) is 15.0. The van der Waals surface area contributed by atoms with Crippen LogP contribution in [0.25, 0.3) is 0 Å². The van der Waals surface area contributed by atoms with Crippen molar-refractivity contribution in [1.29, 1.82) is 0 Å². The van der Waals surface area contributed by atoms with Gasteiger partial charge in [-0.15, -0.1) is 0 Å². The Morgan fingerprint density at radius 1 is 1.20 bits per heavy atom. The zero-order chi connectivity index (χ0) is 14.8. The van der Waals surface area contributed by atoms with E-state index in [-0.39, 0.29) is 11.6 Å². The summed E-state index contributed by atoms with van der Waals surface area (Å²) in [6, 6.07) is 12.8. The molecule has 0 saturated heterocycles. The number of ether oxygens (including phenoxy) is 1. The molecule has 4 heteroatoms. The smallest absolute Gasteiger partial charge is 0.165 e. The van der Waals surface area contributed by atoms with Gasteiger partial charge in [0.2, 0.25) is 0 Å². The largest absolute Gasteiger partial charge is 0.494 e. The third-order valence-corrected chi connectivity index (χ3v) is 3.82. The molecule has 0 fully saturated rings. The average Bonchev–Trinajstić information content (AvgIpc) is 2.39. The fourth-order valence-electron chi connectivity index (χ4n) is 2.18. The number of hydrogen-bond acceptors (Lipinski definition) is 2. The maximum absolute atomic E-state index is 13.7. The third-order valence-electron chi connectivity index (χ3n) is 3.29. The molecule has 0 spiro atoms. The summed E-state index contributed by atoms with van der Waals surface area (Å²) in [5, 5.41) is 0. The van der Waals surface area contributed by atoms with E-state index in [0.29, 0.717) is 6.42 Å². The van der Waals surface area contributed by atoms with Crippen LogP contribution in [-0.4, -0.2) is 7.11 Å². The van der Waals surface area contributed by atoms with E-state index in [1.165, 1.54) is 13.2 Å². The molecular weight excluding hydrogens is 321 g/mol. The standard InChI is InChI=1S/C16H17BrFNO/c1-16(19,12-4-6-13(17)7-5-12)10-11-3-8-15(20-2)14(18)9-11/h3-9H,10,19H2,1-2H3. The summed E-state index contributed by atoms with van der Waals surface area (Å²) in [6.07, 6.45) is 0.551. The molecule has 1 atom stereocenters. The van der Waals surface area contributed by atoms with Crippen molar-refractivity contribution in [3.63, 3.8) is 0 Å². The van der Waals surface area contributed by atoms with Gasteiger partial charge in [0.25, 0.3) is 0 Å². The van der Waals surface area contributed by atoms with Gasteiger partial charge in [0, 0.05) is 10.0 Å². The molecule has 2 nitrogen and oxygen atoms in total. The maximum Gasteiger partial charge on any atom is 0.165 e. The van der Waals surface area contributed by atoms with Gasteiger partial charge in [-0.2, -0.15) is 0 Å². The van der Waals surface area contributed by atoms with Crippen LogP contribution in [0.15, 0.2) is 46.9 Å². The second-order valence-corrected chi connectivity index (χ2v) is 5.99. The molecule has 0 bridgehead atoms. The summed E-state index contributed by atoms with van der Waals surface area (Å²) >= 11 is 3.40. The maximum atomic E-state index is 13.7. The number of rotatable bonds is 4. The van der Waals surface area contributed by atoms with E-state index in [2.05, 4.69) is 15.9 Å². The van der Waals surface area contributed by atoms with Crippen LogP contribution in [0.5, 0.6) is 5.75 Å². The first-order chi connectivity index (χ1) is 9.42. The van der Waals surface area contributed by atoms with Crippen molar-refractivity contribution in [1.82, 2.24) is 0 Å². The van der Waals surface area contributed by atoms with Crippen LogP contribution in [0.2, 0.25) is 0 Å². The number of halogens is 2. The summed E-state index contributed by atoms with van der Waals surface area (Å²) in [4.78, 5) is 0. The molecule has 0 amide bonds. The number of nitrogens with two attached hydrogens (primary N) is 1. The Bertz CT molecular complexity index is 596. The van der Waals surface area contributed by atoms with Crippen molar-refractivity contribution in [2.45, 2.75) is 18.9 Å². The van der Waals surface area contributed by atoms with E-state index in [4.69, 9.17) is 10.5 Å². The third kappa shape index (κ3) is 3.38. The van der Waals surface area contributed by atoms with Gasteiger partial charge in [0.05, 0.1) is 7.11 Å². The molecular formula is C16H17BrFNO. The van der Waals surface area contributed by atoms with Crippen LogP contribution in [0.4, 0.5) is 4.39 Å². The molecule has 2 aromatic carbocycles. The second kappa shape index (κ2) is 5.94. The highest BCUT2D eigenvalue weighted by Crippen LogP contribution is 2.26. The zero-order valence-electron chi connectivity index (χ0n) is 11.5. The van der Waals surface area contributed by atoms with E-state index >= 15 is 0 Å². The van der Waals surface area contributed by atoms with Crippen LogP contribution in [-0.2, 0) is 12.0 Å². The minimum Gasteiger partial charge on any atom is -0.494 e. The Kier molecular flexibility index (Phi) is 4.45. The van der Waals surface area contributed by atoms with Crippen molar-refractivity contribution in [3.05, 3.63) is 63.9 Å². The van der Waals surface area contributed by atoms with Crippen LogP contribution >= 0.6 is 15.9 Å². The lowest BCUT2D eigenvalue weighted by molar-refractivity contribution is 0.385. The SMILES string of the molecule is COc1ccc(CC(C)(N)c2ccc(Br)cc2)cc1F. The van der Waals surface area contributed by atoms with Gasteiger partial charge in [-0.05, 0) is 48.7 Å². The first-order valence-electron chi connectivity index (χ1n) is 6.30. The quantitative estimate of drug-likeness (QED) is 0.914. The van der Waals surface area contributed by atoms with Crippen molar-refractivity contribution < 1.29 is 9.13 Å². The van der Waals surface area contributed by atoms with Gasteiger partial charge in [-0.3, -0.25) is 0 Å².